The minimum absolute atomic E-state index is 0. The highest BCUT2D eigenvalue weighted by molar-refractivity contribution is 14.0. The maximum atomic E-state index is 12.2. The van der Waals surface area contributed by atoms with E-state index in [9.17, 15) is 13.9 Å². The second-order valence-corrected chi connectivity index (χ2v) is 6.13. The Morgan fingerprint density at radius 2 is 1.75 bits per heavy atom. The molecular weight excluding hydrogens is 481 g/mol. The molecule has 0 amide bonds. The first-order valence-electron chi connectivity index (χ1n) is 9.40. The Morgan fingerprint density at radius 3 is 2.25 bits per heavy atom. The van der Waals surface area contributed by atoms with Crippen molar-refractivity contribution >= 4 is 29.9 Å². The standard InChI is InChI=1S/C19H32F2N4O2.HI/c1-5-22-19(23-12-14(4)25(6-2)7-3)24-13-17(26)15-8-10-16(11-9-15)27-18(20)21;/h8-11,14,17-18,26H,5-7,12-13H2,1-4H3,(H2,22,23,24);1H. The predicted molar refractivity (Wildman–Crippen MR) is 120 cm³/mol. The molecule has 2 atom stereocenters. The fraction of sp³-hybridized carbons (Fsp3) is 0.632. The summed E-state index contributed by atoms with van der Waals surface area (Å²) in [5.74, 6) is 0.697. The molecule has 0 radical (unpaired) electrons. The van der Waals surface area contributed by atoms with E-state index in [0.717, 1.165) is 13.1 Å². The van der Waals surface area contributed by atoms with Crippen molar-refractivity contribution in [2.24, 2.45) is 4.99 Å². The summed E-state index contributed by atoms with van der Waals surface area (Å²) in [5.41, 5.74) is 0.608. The van der Waals surface area contributed by atoms with Crippen molar-refractivity contribution in [2.75, 3.05) is 32.7 Å². The van der Waals surface area contributed by atoms with Gasteiger partial charge in [0.25, 0.3) is 0 Å². The summed E-state index contributed by atoms with van der Waals surface area (Å²) in [7, 11) is 0. The summed E-state index contributed by atoms with van der Waals surface area (Å²) < 4.78 is 28.7. The number of nitrogens with zero attached hydrogens (tertiary/aromatic N) is 2. The Bertz CT molecular complexity index is 557. The lowest BCUT2D eigenvalue weighted by Crippen LogP contribution is -2.41. The summed E-state index contributed by atoms with van der Waals surface area (Å²) in [6, 6.07) is 6.28. The number of nitrogens with one attached hydrogen (secondary N) is 2. The van der Waals surface area contributed by atoms with Crippen LogP contribution in [0.1, 0.15) is 39.4 Å². The molecule has 1 aromatic rings. The summed E-state index contributed by atoms with van der Waals surface area (Å²) in [6.45, 7) is 9.06. The Morgan fingerprint density at radius 1 is 1.14 bits per heavy atom. The van der Waals surface area contributed by atoms with Crippen LogP contribution in [-0.4, -0.2) is 61.3 Å². The van der Waals surface area contributed by atoms with Crippen LogP contribution in [0.15, 0.2) is 29.3 Å². The van der Waals surface area contributed by atoms with Gasteiger partial charge in [0.2, 0.25) is 0 Å². The van der Waals surface area contributed by atoms with Crippen LogP contribution in [0.3, 0.4) is 0 Å². The molecule has 0 aliphatic heterocycles. The monoisotopic (exact) mass is 514 g/mol. The maximum Gasteiger partial charge on any atom is 0.387 e. The van der Waals surface area contributed by atoms with Crippen molar-refractivity contribution in [1.82, 2.24) is 15.5 Å². The van der Waals surface area contributed by atoms with E-state index in [1.54, 1.807) is 12.1 Å². The van der Waals surface area contributed by atoms with E-state index in [0.29, 0.717) is 30.7 Å². The smallest absolute Gasteiger partial charge is 0.387 e. The van der Waals surface area contributed by atoms with Gasteiger partial charge in [-0.25, -0.2) is 0 Å². The van der Waals surface area contributed by atoms with E-state index in [1.165, 1.54) is 12.1 Å². The van der Waals surface area contributed by atoms with Crippen LogP contribution in [0.5, 0.6) is 5.75 Å². The SMILES string of the molecule is CCNC(=NCC(C)N(CC)CC)NCC(O)c1ccc(OC(F)F)cc1.I. The molecule has 1 rings (SSSR count). The number of ether oxygens (including phenoxy) is 1. The molecule has 0 aliphatic carbocycles. The first kappa shape index (κ1) is 26.8. The van der Waals surface area contributed by atoms with Crippen molar-refractivity contribution in [1.29, 1.82) is 0 Å². The van der Waals surface area contributed by atoms with Crippen molar-refractivity contribution in [3.05, 3.63) is 29.8 Å². The molecule has 0 bridgehead atoms. The zero-order chi connectivity index (χ0) is 20.2. The summed E-state index contributed by atoms with van der Waals surface area (Å²) in [4.78, 5) is 6.91. The third-order valence-corrected chi connectivity index (χ3v) is 4.25. The Labute approximate surface area is 183 Å². The Balaban J connectivity index is 0.00000729. The van der Waals surface area contributed by atoms with E-state index >= 15 is 0 Å². The molecule has 9 heteroatoms. The molecule has 28 heavy (non-hydrogen) atoms. The maximum absolute atomic E-state index is 12.2. The lowest BCUT2D eigenvalue weighted by molar-refractivity contribution is -0.0498. The number of guanidine groups is 1. The van der Waals surface area contributed by atoms with Gasteiger partial charge in [0, 0.05) is 19.1 Å². The molecule has 0 saturated heterocycles. The third kappa shape index (κ3) is 9.83. The number of halogens is 3. The van der Waals surface area contributed by atoms with Crippen LogP contribution in [0.25, 0.3) is 0 Å². The minimum Gasteiger partial charge on any atom is -0.435 e. The Kier molecular flexibility index (Phi) is 14.1. The molecule has 0 fully saturated rings. The highest BCUT2D eigenvalue weighted by atomic mass is 127. The second-order valence-electron chi connectivity index (χ2n) is 6.13. The first-order chi connectivity index (χ1) is 12.9. The number of rotatable bonds is 11. The van der Waals surface area contributed by atoms with Gasteiger partial charge in [-0.15, -0.1) is 24.0 Å². The molecule has 0 aromatic heterocycles. The van der Waals surface area contributed by atoms with Gasteiger partial charge in [-0.1, -0.05) is 26.0 Å². The van der Waals surface area contributed by atoms with Crippen molar-refractivity contribution in [2.45, 2.75) is 46.5 Å². The highest BCUT2D eigenvalue weighted by Crippen LogP contribution is 2.18. The normalized spacial score (nSPS) is 13.8. The largest absolute Gasteiger partial charge is 0.435 e. The van der Waals surface area contributed by atoms with Crippen LogP contribution in [0.4, 0.5) is 8.78 Å². The molecule has 0 aliphatic rings. The summed E-state index contributed by atoms with van der Waals surface area (Å²) in [6.07, 6.45) is -0.797. The third-order valence-electron chi connectivity index (χ3n) is 4.25. The second kappa shape index (κ2) is 14.7. The topological polar surface area (TPSA) is 69.1 Å². The van der Waals surface area contributed by atoms with Crippen molar-refractivity contribution < 1.29 is 18.6 Å². The van der Waals surface area contributed by atoms with Gasteiger partial charge < -0.3 is 20.5 Å². The number of aliphatic hydroxyl groups excluding tert-OH is 1. The molecule has 0 heterocycles. The molecule has 162 valence electrons. The lowest BCUT2D eigenvalue weighted by Gasteiger charge is -2.25. The van der Waals surface area contributed by atoms with Gasteiger partial charge in [0.05, 0.1) is 12.6 Å². The van der Waals surface area contributed by atoms with Gasteiger partial charge in [-0.3, -0.25) is 9.89 Å². The van der Waals surface area contributed by atoms with Crippen LogP contribution < -0.4 is 15.4 Å². The Hall–Kier alpha value is -1.20. The average Bonchev–Trinajstić information content (AvgIpc) is 2.64. The molecule has 3 N–H and O–H groups in total. The molecule has 0 spiro atoms. The minimum atomic E-state index is -2.86. The number of benzene rings is 1. The zero-order valence-corrected chi connectivity index (χ0v) is 19.3. The predicted octanol–water partition coefficient (Wildman–Crippen LogP) is 3.22. The van der Waals surface area contributed by atoms with Crippen LogP contribution in [0, 0.1) is 0 Å². The molecule has 0 saturated carbocycles. The van der Waals surface area contributed by atoms with Crippen molar-refractivity contribution in [3.8, 4) is 5.75 Å². The fourth-order valence-electron chi connectivity index (χ4n) is 2.71. The van der Waals surface area contributed by atoms with Crippen LogP contribution in [-0.2, 0) is 0 Å². The number of likely N-dealkylation sites (N-methyl/N-ethyl adjacent to an activating group) is 1. The lowest BCUT2D eigenvalue weighted by atomic mass is 10.1. The first-order valence-corrected chi connectivity index (χ1v) is 9.40. The van der Waals surface area contributed by atoms with Gasteiger partial charge in [0.15, 0.2) is 5.96 Å². The fourth-order valence-corrected chi connectivity index (χ4v) is 2.71. The molecule has 1 aromatic carbocycles. The molecule has 6 nitrogen and oxygen atoms in total. The van der Waals surface area contributed by atoms with Gasteiger partial charge in [0.1, 0.15) is 5.75 Å². The number of aliphatic imine (C=N–C) groups is 1. The van der Waals surface area contributed by atoms with E-state index in [-0.39, 0.29) is 36.3 Å². The van der Waals surface area contributed by atoms with Crippen molar-refractivity contribution in [3.63, 3.8) is 0 Å². The number of alkyl halides is 2. The van der Waals surface area contributed by atoms with Crippen LogP contribution >= 0.6 is 24.0 Å². The van der Waals surface area contributed by atoms with E-state index in [1.807, 2.05) is 6.92 Å². The van der Waals surface area contributed by atoms with E-state index < -0.39 is 12.7 Å². The van der Waals surface area contributed by atoms with Gasteiger partial charge in [-0.2, -0.15) is 8.78 Å². The quantitative estimate of drug-likeness (QED) is 0.241. The van der Waals surface area contributed by atoms with E-state index in [4.69, 9.17) is 0 Å². The zero-order valence-electron chi connectivity index (χ0n) is 17.0. The summed E-state index contributed by atoms with van der Waals surface area (Å²) >= 11 is 0. The number of hydrogen-bond acceptors (Lipinski definition) is 4. The number of aliphatic hydroxyl groups is 1. The van der Waals surface area contributed by atoms with Crippen LogP contribution in [0.2, 0.25) is 0 Å². The van der Waals surface area contributed by atoms with Gasteiger partial charge in [-0.05, 0) is 44.6 Å². The van der Waals surface area contributed by atoms with Gasteiger partial charge >= 0.3 is 6.61 Å². The van der Waals surface area contributed by atoms with E-state index in [2.05, 4.69) is 46.0 Å². The molecule has 2 unspecified atom stereocenters. The average molecular weight is 514 g/mol. The number of hydrogen-bond donors (Lipinski definition) is 3. The summed E-state index contributed by atoms with van der Waals surface area (Å²) in [5, 5.41) is 16.6. The molecular formula is C19H33F2IN4O2. The highest BCUT2D eigenvalue weighted by Gasteiger charge is 2.12.